The number of amides is 1. The molecule has 1 amide bonds. The first-order valence-electron chi connectivity index (χ1n) is 7.83. The number of nitrogens with one attached hydrogen (secondary N) is 1. The van der Waals surface area contributed by atoms with Crippen molar-refractivity contribution in [2.45, 2.75) is 13.1 Å². The molecule has 6 heteroatoms. The SMILES string of the molecule is COc1ccccc1CNC(=O)c1ccn(Cc2ccc(Cl)cc2)n1. The van der Waals surface area contributed by atoms with Gasteiger partial charge < -0.3 is 10.1 Å². The standard InChI is InChI=1S/C19H18ClN3O2/c1-25-18-5-3-2-4-15(18)12-21-19(24)17-10-11-23(22-17)13-14-6-8-16(20)9-7-14/h2-11H,12-13H2,1H3,(H,21,24). The molecule has 128 valence electrons. The normalized spacial score (nSPS) is 10.5. The van der Waals surface area contributed by atoms with Crippen LogP contribution >= 0.6 is 11.6 Å². The number of halogens is 1. The van der Waals surface area contributed by atoms with Gasteiger partial charge in [-0.15, -0.1) is 0 Å². The van der Waals surface area contributed by atoms with E-state index in [1.165, 1.54) is 0 Å². The Balaban J connectivity index is 1.61. The summed E-state index contributed by atoms with van der Waals surface area (Å²) in [5, 5.41) is 7.88. The third kappa shape index (κ3) is 4.39. The second kappa shape index (κ2) is 7.85. The van der Waals surface area contributed by atoms with E-state index >= 15 is 0 Å². The lowest BCUT2D eigenvalue weighted by molar-refractivity contribution is 0.0945. The summed E-state index contributed by atoms with van der Waals surface area (Å²) in [6.45, 7) is 0.962. The Labute approximate surface area is 151 Å². The van der Waals surface area contributed by atoms with Gasteiger partial charge in [-0.25, -0.2) is 0 Å². The first kappa shape index (κ1) is 17.0. The second-order valence-corrected chi connectivity index (χ2v) is 5.96. The van der Waals surface area contributed by atoms with Crippen LogP contribution in [0.25, 0.3) is 0 Å². The third-order valence-corrected chi connectivity index (χ3v) is 4.02. The van der Waals surface area contributed by atoms with E-state index in [0.29, 0.717) is 23.8 Å². The fourth-order valence-corrected chi connectivity index (χ4v) is 2.59. The van der Waals surface area contributed by atoms with Gasteiger partial charge in [0.05, 0.1) is 13.7 Å². The lowest BCUT2D eigenvalue weighted by Gasteiger charge is -2.08. The molecule has 5 nitrogen and oxygen atoms in total. The topological polar surface area (TPSA) is 56.1 Å². The van der Waals surface area contributed by atoms with Crippen LogP contribution in [0.15, 0.2) is 60.8 Å². The predicted molar refractivity (Wildman–Crippen MR) is 96.9 cm³/mol. The highest BCUT2D eigenvalue weighted by Gasteiger charge is 2.10. The van der Waals surface area contributed by atoms with E-state index < -0.39 is 0 Å². The predicted octanol–water partition coefficient (Wildman–Crippen LogP) is 3.52. The van der Waals surface area contributed by atoms with Crippen LogP contribution in [0, 0.1) is 0 Å². The average molecular weight is 356 g/mol. The maximum atomic E-state index is 12.3. The van der Waals surface area contributed by atoms with Crippen molar-refractivity contribution in [1.29, 1.82) is 0 Å². The minimum Gasteiger partial charge on any atom is -0.496 e. The molecule has 0 aliphatic carbocycles. The van der Waals surface area contributed by atoms with Gasteiger partial charge in [-0.2, -0.15) is 5.10 Å². The molecule has 1 N–H and O–H groups in total. The van der Waals surface area contributed by atoms with Gasteiger partial charge in [0.2, 0.25) is 0 Å². The molecule has 0 spiro atoms. The summed E-state index contributed by atoms with van der Waals surface area (Å²) in [6, 6.07) is 16.8. The van der Waals surface area contributed by atoms with E-state index in [2.05, 4.69) is 10.4 Å². The molecule has 2 aromatic carbocycles. The minimum absolute atomic E-state index is 0.222. The zero-order valence-corrected chi connectivity index (χ0v) is 14.5. The lowest BCUT2D eigenvalue weighted by Crippen LogP contribution is -2.23. The maximum absolute atomic E-state index is 12.3. The molecule has 1 heterocycles. The van der Waals surface area contributed by atoms with Gasteiger partial charge in [-0.3, -0.25) is 9.48 Å². The van der Waals surface area contributed by atoms with Crippen molar-refractivity contribution in [3.05, 3.63) is 82.6 Å². The molecule has 0 radical (unpaired) electrons. The maximum Gasteiger partial charge on any atom is 0.272 e. The first-order chi connectivity index (χ1) is 12.2. The van der Waals surface area contributed by atoms with E-state index in [0.717, 1.165) is 16.9 Å². The van der Waals surface area contributed by atoms with Crippen molar-refractivity contribution >= 4 is 17.5 Å². The van der Waals surface area contributed by atoms with E-state index in [1.807, 2.05) is 48.5 Å². The third-order valence-electron chi connectivity index (χ3n) is 3.76. The number of carbonyl (C=O) groups excluding carboxylic acids is 1. The number of hydrogen-bond acceptors (Lipinski definition) is 3. The zero-order valence-electron chi connectivity index (χ0n) is 13.8. The van der Waals surface area contributed by atoms with Crippen molar-refractivity contribution in [2.75, 3.05) is 7.11 Å². The van der Waals surface area contributed by atoms with Crippen molar-refractivity contribution in [3.8, 4) is 5.75 Å². The van der Waals surface area contributed by atoms with Crippen LogP contribution in [0.4, 0.5) is 0 Å². The molecule has 0 bridgehead atoms. The summed E-state index contributed by atoms with van der Waals surface area (Å²) in [5.41, 5.74) is 2.36. The molecule has 0 aliphatic rings. The van der Waals surface area contributed by atoms with Crippen LogP contribution < -0.4 is 10.1 Å². The zero-order chi connectivity index (χ0) is 17.6. The highest BCUT2D eigenvalue weighted by atomic mass is 35.5. The van der Waals surface area contributed by atoms with Crippen LogP contribution in [0.3, 0.4) is 0 Å². The highest BCUT2D eigenvalue weighted by molar-refractivity contribution is 6.30. The van der Waals surface area contributed by atoms with Crippen molar-refractivity contribution < 1.29 is 9.53 Å². The van der Waals surface area contributed by atoms with Crippen molar-refractivity contribution in [1.82, 2.24) is 15.1 Å². The second-order valence-electron chi connectivity index (χ2n) is 5.52. The molecule has 25 heavy (non-hydrogen) atoms. The fourth-order valence-electron chi connectivity index (χ4n) is 2.46. The van der Waals surface area contributed by atoms with Gasteiger partial charge >= 0.3 is 0 Å². The summed E-state index contributed by atoms with van der Waals surface area (Å²) < 4.78 is 7.01. The summed E-state index contributed by atoms with van der Waals surface area (Å²) in [7, 11) is 1.61. The number of methoxy groups -OCH3 is 1. The van der Waals surface area contributed by atoms with Gasteiger partial charge in [0, 0.05) is 23.3 Å². The molecular formula is C19H18ClN3O2. The molecule has 0 aliphatic heterocycles. The van der Waals surface area contributed by atoms with Crippen molar-refractivity contribution in [2.24, 2.45) is 0 Å². The molecule has 0 unspecified atom stereocenters. The Hall–Kier alpha value is -2.79. The molecule has 0 saturated carbocycles. The smallest absolute Gasteiger partial charge is 0.272 e. The summed E-state index contributed by atoms with van der Waals surface area (Å²) in [4.78, 5) is 12.3. The van der Waals surface area contributed by atoms with E-state index in [-0.39, 0.29) is 5.91 Å². The number of nitrogens with zero attached hydrogens (tertiary/aromatic N) is 2. The fraction of sp³-hybridized carbons (Fsp3) is 0.158. The minimum atomic E-state index is -0.222. The molecule has 0 fully saturated rings. The first-order valence-corrected chi connectivity index (χ1v) is 8.21. The highest BCUT2D eigenvalue weighted by Crippen LogP contribution is 2.17. The van der Waals surface area contributed by atoms with E-state index in [9.17, 15) is 4.79 Å². The molecule has 1 aromatic heterocycles. The summed E-state index contributed by atoms with van der Waals surface area (Å²) in [6.07, 6.45) is 1.78. The number of ether oxygens (including phenoxy) is 1. The Morgan fingerprint density at radius 1 is 1.16 bits per heavy atom. The number of carbonyl (C=O) groups is 1. The number of aromatic nitrogens is 2. The van der Waals surface area contributed by atoms with Gasteiger partial charge in [0.25, 0.3) is 5.91 Å². The molecular weight excluding hydrogens is 338 g/mol. The summed E-state index contributed by atoms with van der Waals surface area (Å²) >= 11 is 5.88. The van der Waals surface area contributed by atoms with E-state index in [1.54, 1.807) is 24.1 Å². The summed E-state index contributed by atoms with van der Waals surface area (Å²) in [5.74, 6) is 0.525. The van der Waals surface area contributed by atoms with Crippen LogP contribution in [0.5, 0.6) is 5.75 Å². The van der Waals surface area contributed by atoms with Gasteiger partial charge in [0.1, 0.15) is 11.4 Å². The molecule has 3 aromatic rings. The Kier molecular flexibility index (Phi) is 5.36. The Morgan fingerprint density at radius 3 is 2.68 bits per heavy atom. The quantitative estimate of drug-likeness (QED) is 0.736. The monoisotopic (exact) mass is 355 g/mol. The van der Waals surface area contributed by atoms with Crippen LogP contribution in [-0.4, -0.2) is 22.8 Å². The number of rotatable bonds is 6. The largest absolute Gasteiger partial charge is 0.496 e. The molecule has 3 rings (SSSR count). The van der Waals surface area contributed by atoms with Crippen molar-refractivity contribution in [3.63, 3.8) is 0 Å². The number of hydrogen-bond donors (Lipinski definition) is 1. The average Bonchev–Trinajstić information content (AvgIpc) is 3.10. The van der Waals surface area contributed by atoms with Crippen LogP contribution in [0.1, 0.15) is 21.6 Å². The molecule has 0 saturated heterocycles. The van der Waals surface area contributed by atoms with Gasteiger partial charge in [-0.1, -0.05) is 41.9 Å². The number of benzene rings is 2. The van der Waals surface area contributed by atoms with Gasteiger partial charge in [0.15, 0.2) is 0 Å². The Morgan fingerprint density at radius 2 is 1.92 bits per heavy atom. The lowest BCUT2D eigenvalue weighted by atomic mass is 10.2. The van der Waals surface area contributed by atoms with Gasteiger partial charge in [-0.05, 0) is 29.8 Å². The van der Waals surface area contributed by atoms with Crippen LogP contribution in [-0.2, 0) is 13.1 Å². The van der Waals surface area contributed by atoms with Crippen LogP contribution in [0.2, 0.25) is 5.02 Å². The number of para-hydroxylation sites is 1. The Bertz CT molecular complexity index is 859. The molecule has 0 atom stereocenters. The van der Waals surface area contributed by atoms with E-state index in [4.69, 9.17) is 16.3 Å².